The maximum Gasteiger partial charge on any atom is 0.109 e. The molecule has 1 aliphatic heterocycles. The molecule has 1 heteroatoms. The Bertz CT molecular complexity index is 133. The number of hydrogen-bond donors (Lipinski definition) is 0. The number of allylic oxidation sites excluding steroid dienone is 1. The van der Waals surface area contributed by atoms with Crippen molar-refractivity contribution in [1.29, 1.82) is 0 Å². The van der Waals surface area contributed by atoms with Crippen LogP contribution in [0.4, 0.5) is 0 Å². The van der Waals surface area contributed by atoms with E-state index in [2.05, 4.69) is 19.6 Å². The topological polar surface area (TPSA) is 9.23 Å². The van der Waals surface area contributed by atoms with Gasteiger partial charge in [0.25, 0.3) is 0 Å². The summed E-state index contributed by atoms with van der Waals surface area (Å²) in [5.74, 6) is 0.885. The molecule has 0 fully saturated rings. The van der Waals surface area contributed by atoms with E-state index in [9.17, 15) is 0 Å². The van der Waals surface area contributed by atoms with Crippen molar-refractivity contribution in [2.45, 2.75) is 13.3 Å². The van der Waals surface area contributed by atoms with Gasteiger partial charge in [0.05, 0.1) is 5.76 Å². The lowest BCUT2D eigenvalue weighted by molar-refractivity contribution is 0.226. The van der Waals surface area contributed by atoms with Crippen LogP contribution in [0.1, 0.15) is 13.3 Å². The second-order valence-corrected chi connectivity index (χ2v) is 2.08. The summed E-state index contributed by atoms with van der Waals surface area (Å²) in [6, 6.07) is 0. The number of ether oxygens (including phenoxy) is 1. The first-order chi connectivity index (χ1) is 3.79. The fourth-order valence-electron chi connectivity index (χ4n) is 0.622. The molecule has 0 aromatic rings. The molecule has 0 spiro atoms. The summed E-state index contributed by atoms with van der Waals surface area (Å²) in [6.07, 6.45) is 3.04. The van der Waals surface area contributed by atoms with Crippen molar-refractivity contribution in [2.24, 2.45) is 0 Å². The van der Waals surface area contributed by atoms with Crippen LogP contribution in [-0.2, 0) is 4.74 Å². The van der Waals surface area contributed by atoms with E-state index < -0.39 is 0 Å². The summed E-state index contributed by atoms with van der Waals surface area (Å²) < 4.78 is 5.13. The highest BCUT2D eigenvalue weighted by molar-refractivity contribution is 5.08. The molecule has 0 radical (unpaired) electrons. The number of rotatable bonds is 0. The Hall–Kier alpha value is -0.720. The molecule has 0 unspecified atom stereocenters. The first-order valence-corrected chi connectivity index (χ1v) is 2.75. The Labute approximate surface area is 49.7 Å². The summed E-state index contributed by atoms with van der Waals surface area (Å²) in [7, 11) is 0. The molecule has 1 rings (SSSR count). The second-order valence-electron chi connectivity index (χ2n) is 2.08. The van der Waals surface area contributed by atoms with Crippen molar-refractivity contribution in [3.05, 3.63) is 24.0 Å². The van der Waals surface area contributed by atoms with Crippen LogP contribution < -0.4 is 0 Å². The van der Waals surface area contributed by atoms with Crippen molar-refractivity contribution in [3.8, 4) is 0 Å². The molecular weight excluding hydrogens is 100 g/mol. The van der Waals surface area contributed by atoms with Crippen LogP contribution in [0.25, 0.3) is 0 Å². The van der Waals surface area contributed by atoms with Gasteiger partial charge in [0.1, 0.15) is 6.61 Å². The lowest BCUT2D eigenvalue weighted by atomic mass is 10.2. The van der Waals surface area contributed by atoms with Gasteiger partial charge >= 0.3 is 0 Å². The Morgan fingerprint density at radius 3 is 2.88 bits per heavy atom. The Morgan fingerprint density at radius 2 is 2.50 bits per heavy atom. The first kappa shape index (κ1) is 5.42. The molecular formula is C7H10O. The van der Waals surface area contributed by atoms with Crippen molar-refractivity contribution < 1.29 is 4.74 Å². The smallest absolute Gasteiger partial charge is 0.109 e. The minimum atomic E-state index is 0.735. The fourth-order valence-corrected chi connectivity index (χ4v) is 0.622. The zero-order chi connectivity index (χ0) is 5.98. The van der Waals surface area contributed by atoms with Crippen LogP contribution in [0.5, 0.6) is 0 Å². The monoisotopic (exact) mass is 110 g/mol. The maximum absolute atomic E-state index is 5.13. The fraction of sp³-hybridized carbons (Fsp3) is 0.429. The molecule has 0 aromatic heterocycles. The summed E-state index contributed by atoms with van der Waals surface area (Å²) in [6.45, 7) is 6.48. The second kappa shape index (κ2) is 2.03. The zero-order valence-corrected chi connectivity index (χ0v) is 5.11. The van der Waals surface area contributed by atoms with Gasteiger partial charge in [0.2, 0.25) is 0 Å². The molecule has 0 aromatic carbocycles. The number of hydrogen-bond acceptors (Lipinski definition) is 1. The van der Waals surface area contributed by atoms with Gasteiger partial charge in [-0.1, -0.05) is 12.7 Å². The van der Waals surface area contributed by atoms with E-state index in [0.717, 1.165) is 18.8 Å². The third kappa shape index (κ3) is 1.12. The van der Waals surface area contributed by atoms with Gasteiger partial charge in [-0.2, -0.15) is 0 Å². The molecule has 0 bridgehead atoms. The van der Waals surface area contributed by atoms with E-state index in [1.54, 1.807) is 0 Å². The van der Waals surface area contributed by atoms with Gasteiger partial charge in [0.15, 0.2) is 0 Å². The molecule has 1 aliphatic rings. The van der Waals surface area contributed by atoms with Crippen LogP contribution in [-0.4, -0.2) is 6.61 Å². The van der Waals surface area contributed by atoms with Gasteiger partial charge in [-0.25, -0.2) is 0 Å². The van der Waals surface area contributed by atoms with Gasteiger partial charge in [-0.3, -0.25) is 0 Å². The Kier molecular flexibility index (Phi) is 1.38. The third-order valence-corrected chi connectivity index (χ3v) is 1.18. The highest BCUT2D eigenvalue weighted by Gasteiger charge is 1.99. The minimum Gasteiger partial charge on any atom is -0.494 e. The predicted octanol–water partition coefficient (Wildman–Crippen LogP) is 1.87. The highest BCUT2D eigenvalue weighted by Crippen LogP contribution is 2.11. The quantitative estimate of drug-likeness (QED) is 0.432. The minimum absolute atomic E-state index is 0.735. The zero-order valence-electron chi connectivity index (χ0n) is 5.11. The maximum atomic E-state index is 5.13. The summed E-state index contributed by atoms with van der Waals surface area (Å²) >= 11 is 0. The van der Waals surface area contributed by atoms with E-state index in [4.69, 9.17) is 4.74 Å². The predicted molar refractivity (Wildman–Crippen MR) is 33.5 cm³/mol. The van der Waals surface area contributed by atoms with Gasteiger partial charge < -0.3 is 4.74 Å². The summed E-state index contributed by atoms with van der Waals surface area (Å²) in [5.41, 5.74) is 1.30. The summed E-state index contributed by atoms with van der Waals surface area (Å²) in [5, 5.41) is 0. The standard InChI is InChI=1S/C7H10O/c1-6-3-4-7(2)8-5-6/h3H,2,4-5H2,1H3. The molecule has 0 saturated carbocycles. The third-order valence-electron chi connectivity index (χ3n) is 1.18. The Balaban J connectivity index is 2.55. The SMILES string of the molecule is C=C1CC=C(C)CO1. The van der Waals surface area contributed by atoms with Crippen molar-refractivity contribution in [1.82, 2.24) is 0 Å². The van der Waals surface area contributed by atoms with E-state index in [1.165, 1.54) is 5.57 Å². The van der Waals surface area contributed by atoms with Crippen LogP contribution in [0.2, 0.25) is 0 Å². The van der Waals surface area contributed by atoms with E-state index in [1.807, 2.05) is 0 Å². The van der Waals surface area contributed by atoms with Crippen molar-refractivity contribution in [2.75, 3.05) is 6.61 Å². The van der Waals surface area contributed by atoms with Crippen molar-refractivity contribution >= 4 is 0 Å². The molecule has 1 nitrogen and oxygen atoms in total. The molecule has 1 heterocycles. The van der Waals surface area contributed by atoms with Crippen LogP contribution in [0.3, 0.4) is 0 Å². The molecule has 44 valence electrons. The normalized spacial score (nSPS) is 19.6. The average molecular weight is 110 g/mol. The molecule has 8 heavy (non-hydrogen) atoms. The molecule has 0 aliphatic carbocycles. The summed E-state index contributed by atoms with van der Waals surface area (Å²) in [4.78, 5) is 0. The average Bonchev–Trinajstić information content (AvgIpc) is 1.77. The van der Waals surface area contributed by atoms with E-state index in [-0.39, 0.29) is 0 Å². The van der Waals surface area contributed by atoms with Crippen molar-refractivity contribution in [3.63, 3.8) is 0 Å². The molecule has 0 saturated heterocycles. The lowest BCUT2D eigenvalue weighted by Crippen LogP contribution is -2.00. The van der Waals surface area contributed by atoms with Crippen LogP contribution >= 0.6 is 0 Å². The molecule has 0 amide bonds. The van der Waals surface area contributed by atoms with E-state index in [0.29, 0.717) is 0 Å². The lowest BCUT2D eigenvalue weighted by Gasteiger charge is -2.12. The molecule has 0 N–H and O–H groups in total. The van der Waals surface area contributed by atoms with Gasteiger partial charge in [0, 0.05) is 6.42 Å². The highest BCUT2D eigenvalue weighted by atomic mass is 16.5. The first-order valence-electron chi connectivity index (χ1n) is 2.75. The molecule has 0 atom stereocenters. The van der Waals surface area contributed by atoms with E-state index >= 15 is 0 Å². The van der Waals surface area contributed by atoms with Crippen LogP contribution in [0, 0.1) is 0 Å². The largest absolute Gasteiger partial charge is 0.494 e. The van der Waals surface area contributed by atoms with Gasteiger partial charge in [-0.05, 0) is 12.5 Å². The van der Waals surface area contributed by atoms with Crippen LogP contribution in [0.15, 0.2) is 24.0 Å². The van der Waals surface area contributed by atoms with Gasteiger partial charge in [-0.15, -0.1) is 0 Å². The Morgan fingerprint density at radius 1 is 1.75 bits per heavy atom.